The molecule has 3 heterocycles. The van der Waals surface area contributed by atoms with Crippen LogP contribution in [0.4, 0.5) is 0 Å². The van der Waals surface area contributed by atoms with Crippen LogP contribution in [-0.2, 0) is 0 Å². The predicted octanol–water partition coefficient (Wildman–Crippen LogP) is 8.91. The Morgan fingerprint density at radius 1 is 0.459 bits per heavy atom. The van der Waals surface area contributed by atoms with Gasteiger partial charge in [0.25, 0.3) is 0 Å². The summed E-state index contributed by atoms with van der Waals surface area (Å²) in [5, 5.41) is 2.55. The van der Waals surface area contributed by atoms with Crippen LogP contribution in [0.15, 0.2) is 128 Å². The van der Waals surface area contributed by atoms with Gasteiger partial charge in [-0.15, -0.1) is 11.3 Å². The Morgan fingerprint density at radius 2 is 1.14 bits per heavy atom. The zero-order valence-electron chi connectivity index (χ0n) is 19.9. The highest BCUT2D eigenvalue weighted by Gasteiger charge is 2.13. The Balaban J connectivity index is 1.37. The van der Waals surface area contributed by atoms with E-state index in [0.717, 1.165) is 39.2 Å². The summed E-state index contributed by atoms with van der Waals surface area (Å²) in [4.78, 5) is 14.3. The third-order valence-corrected chi connectivity index (χ3v) is 7.76. The molecule has 0 radical (unpaired) electrons. The average Bonchev–Trinajstić information content (AvgIpc) is 3.36. The lowest BCUT2D eigenvalue weighted by atomic mass is 10.0. The summed E-state index contributed by atoms with van der Waals surface area (Å²) in [6.07, 6.45) is 3.67. The zero-order chi connectivity index (χ0) is 24.6. The molecular formula is C33H21N3S. The van der Waals surface area contributed by atoms with Crippen molar-refractivity contribution in [1.29, 1.82) is 0 Å². The fourth-order valence-corrected chi connectivity index (χ4v) is 5.80. The maximum absolute atomic E-state index is 5.05. The Bertz CT molecular complexity index is 1860. The molecule has 0 N–H and O–H groups in total. The minimum Gasteiger partial charge on any atom is -0.264 e. The smallest absolute Gasteiger partial charge is 0.160 e. The van der Waals surface area contributed by atoms with Crippen LogP contribution in [0.5, 0.6) is 0 Å². The molecule has 0 saturated heterocycles. The number of nitrogens with zero attached hydrogens (tertiary/aromatic N) is 3. The van der Waals surface area contributed by atoms with E-state index in [4.69, 9.17) is 9.97 Å². The maximum Gasteiger partial charge on any atom is 0.160 e. The second-order valence-electron chi connectivity index (χ2n) is 8.96. The second kappa shape index (κ2) is 9.08. The van der Waals surface area contributed by atoms with Gasteiger partial charge in [0.05, 0.1) is 11.4 Å². The third-order valence-electron chi connectivity index (χ3n) is 6.61. The molecule has 4 aromatic carbocycles. The first-order valence-corrected chi connectivity index (χ1v) is 13.0. The molecule has 7 rings (SSSR count). The van der Waals surface area contributed by atoms with Crippen molar-refractivity contribution in [2.24, 2.45) is 0 Å². The standard InChI is InChI=1S/C33H21N3S/c1-2-7-23(8-3-1)29-20-30(25-16-17-32-28(19-25)27-10-4-5-11-31(27)37-32)36-33(35-29)24-14-12-22(13-15-24)26-9-6-18-34-21-26/h1-21H. The molecule has 0 atom stereocenters. The van der Waals surface area contributed by atoms with Gasteiger partial charge in [0.2, 0.25) is 0 Å². The van der Waals surface area contributed by atoms with Gasteiger partial charge < -0.3 is 0 Å². The lowest BCUT2D eigenvalue weighted by molar-refractivity contribution is 1.18. The lowest BCUT2D eigenvalue weighted by Gasteiger charge is -2.10. The molecule has 0 aliphatic rings. The summed E-state index contributed by atoms with van der Waals surface area (Å²) in [6, 6.07) is 40.0. The quantitative estimate of drug-likeness (QED) is 0.247. The van der Waals surface area contributed by atoms with Crippen molar-refractivity contribution in [3.63, 3.8) is 0 Å². The molecule has 3 nitrogen and oxygen atoms in total. The monoisotopic (exact) mass is 491 g/mol. The van der Waals surface area contributed by atoms with E-state index >= 15 is 0 Å². The molecule has 0 amide bonds. The molecule has 37 heavy (non-hydrogen) atoms. The molecule has 0 unspecified atom stereocenters. The van der Waals surface area contributed by atoms with Crippen molar-refractivity contribution in [3.05, 3.63) is 128 Å². The Hall–Kier alpha value is -4.67. The van der Waals surface area contributed by atoms with Gasteiger partial charge >= 0.3 is 0 Å². The maximum atomic E-state index is 5.05. The number of pyridine rings is 1. The molecule has 7 aromatic rings. The van der Waals surface area contributed by atoms with E-state index in [1.807, 2.05) is 41.8 Å². The molecule has 0 aliphatic carbocycles. The van der Waals surface area contributed by atoms with Gasteiger partial charge in [0, 0.05) is 49.3 Å². The van der Waals surface area contributed by atoms with Crippen molar-refractivity contribution >= 4 is 31.5 Å². The number of benzene rings is 4. The number of hydrogen-bond acceptors (Lipinski definition) is 4. The number of rotatable bonds is 4. The van der Waals surface area contributed by atoms with Crippen molar-refractivity contribution in [3.8, 4) is 45.0 Å². The van der Waals surface area contributed by atoms with Gasteiger partial charge in [-0.05, 0) is 41.5 Å². The van der Waals surface area contributed by atoms with Gasteiger partial charge in [-0.25, -0.2) is 9.97 Å². The van der Waals surface area contributed by atoms with Gasteiger partial charge in [0.1, 0.15) is 0 Å². The summed E-state index contributed by atoms with van der Waals surface area (Å²) in [6.45, 7) is 0. The first kappa shape index (κ1) is 21.6. The number of thiophene rings is 1. The molecule has 0 saturated carbocycles. The van der Waals surface area contributed by atoms with Crippen LogP contribution in [0.1, 0.15) is 0 Å². The molecule has 3 aromatic heterocycles. The van der Waals surface area contributed by atoms with Gasteiger partial charge in [-0.3, -0.25) is 4.98 Å². The summed E-state index contributed by atoms with van der Waals surface area (Å²) in [5.41, 5.74) is 7.17. The van der Waals surface area contributed by atoms with Crippen molar-refractivity contribution < 1.29 is 0 Å². The molecule has 0 aliphatic heterocycles. The zero-order valence-corrected chi connectivity index (χ0v) is 20.7. The number of fused-ring (bicyclic) bond motifs is 3. The summed E-state index contributed by atoms with van der Waals surface area (Å²) < 4.78 is 2.59. The SMILES string of the molecule is c1ccc(-c2cc(-c3ccc4sc5ccccc5c4c3)nc(-c3ccc(-c4cccnc4)cc3)n2)cc1. The van der Waals surface area contributed by atoms with E-state index in [2.05, 4.69) is 96.0 Å². The molecular weight excluding hydrogens is 470 g/mol. The second-order valence-corrected chi connectivity index (χ2v) is 10.0. The van der Waals surface area contributed by atoms with Crippen molar-refractivity contribution in [2.45, 2.75) is 0 Å². The highest BCUT2D eigenvalue weighted by molar-refractivity contribution is 7.25. The van der Waals surface area contributed by atoms with Crippen LogP contribution in [-0.4, -0.2) is 15.0 Å². The van der Waals surface area contributed by atoms with Crippen LogP contribution >= 0.6 is 11.3 Å². The van der Waals surface area contributed by atoms with E-state index in [9.17, 15) is 0 Å². The van der Waals surface area contributed by atoms with Crippen LogP contribution in [0.25, 0.3) is 65.2 Å². The minimum absolute atomic E-state index is 0.712. The van der Waals surface area contributed by atoms with Crippen LogP contribution in [0.2, 0.25) is 0 Å². The van der Waals surface area contributed by atoms with Gasteiger partial charge in [0.15, 0.2) is 5.82 Å². The summed E-state index contributed by atoms with van der Waals surface area (Å²) >= 11 is 1.83. The number of hydrogen-bond donors (Lipinski definition) is 0. The van der Waals surface area contributed by atoms with E-state index < -0.39 is 0 Å². The Morgan fingerprint density at radius 3 is 1.95 bits per heavy atom. The summed E-state index contributed by atoms with van der Waals surface area (Å²) in [7, 11) is 0. The fraction of sp³-hybridized carbons (Fsp3) is 0. The largest absolute Gasteiger partial charge is 0.264 e. The molecule has 174 valence electrons. The van der Waals surface area contributed by atoms with E-state index in [-0.39, 0.29) is 0 Å². The van der Waals surface area contributed by atoms with Gasteiger partial charge in [-0.1, -0.05) is 84.9 Å². The first-order valence-electron chi connectivity index (χ1n) is 12.2. The van der Waals surface area contributed by atoms with Crippen molar-refractivity contribution in [2.75, 3.05) is 0 Å². The normalized spacial score (nSPS) is 11.2. The highest BCUT2D eigenvalue weighted by atomic mass is 32.1. The average molecular weight is 492 g/mol. The fourth-order valence-electron chi connectivity index (χ4n) is 4.71. The molecule has 0 bridgehead atoms. The summed E-state index contributed by atoms with van der Waals surface area (Å²) in [5.74, 6) is 0.712. The van der Waals surface area contributed by atoms with Crippen LogP contribution in [0, 0.1) is 0 Å². The van der Waals surface area contributed by atoms with Crippen LogP contribution < -0.4 is 0 Å². The minimum atomic E-state index is 0.712. The third kappa shape index (κ3) is 4.07. The first-order chi connectivity index (χ1) is 18.3. The highest BCUT2D eigenvalue weighted by Crippen LogP contribution is 2.37. The number of aromatic nitrogens is 3. The topological polar surface area (TPSA) is 38.7 Å². The van der Waals surface area contributed by atoms with Gasteiger partial charge in [-0.2, -0.15) is 0 Å². The molecule has 0 fully saturated rings. The Labute approximate surface area is 218 Å². The Kier molecular flexibility index (Phi) is 5.30. The lowest BCUT2D eigenvalue weighted by Crippen LogP contribution is -1.96. The van der Waals surface area contributed by atoms with Crippen molar-refractivity contribution in [1.82, 2.24) is 15.0 Å². The predicted molar refractivity (Wildman–Crippen MR) is 154 cm³/mol. The molecule has 0 spiro atoms. The van der Waals surface area contributed by atoms with Crippen LogP contribution in [0.3, 0.4) is 0 Å². The van der Waals surface area contributed by atoms with E-state index in [0.29, 0.717) is 5.82 Å². The van der Waals surface area contributed by atoms with E-state index in [1.165, 1.54) is 20.2 Å². The molecule has 4 heteroatoms. The van der Waals surface area contributed by atoms with E-state index in [1.54, 1.807) is 6.20 Å².